The van der Waals surface area contributed by atoms with Crippen molar-refractivity contribution < 1.29 is 13.2 Å². The van der Waals surface area contributed by atoms with Crippen LogP contribution in [0.4, 0.5) is 10.5 Å². The molecule has 0 unspecified atom stereocenters. The van der Waals surface area contributed by atoms with Crippen molar-refractivity contribution in [1.29, 1.82) is 0 Å². The Hall–Kier alpha value is -1.80. The van der Waals surface area contributed by atoms with Crippen molar-refractivity contribution in [3.8, 4) is 0 Å². The van der Waals surface area contributed by atoms with E-state index in [-0.39, 0.29) is 11.6 Å². The number of piperidine rings is 1. The number of benzene rings is 1. The van der Waals surface area contributed by atoms with E-state index < -0.39 is 10.0 Å². The van der Waals surface area contributed by atoms with Gasteiger partial charge in [0, 0.05) is 37.4 Å². The largest absolute Gasteiger partial charge is 0.336 e. The van der Waals surface area contributed by atoms with Crippen LogP contribution in [0, 0.1) is 11.8 Å². The molecule has 0 spiro atoms. The average molecular weight is 411 g/mol. The normalized spacial score (nSPS) is 21.2. The maximum absolute atomic E-state index is 12.2. The van der Waals surface area contributed by atoms with Gasteiger partial charge < -0.3 is 10.6 Å². The highest BCUT2D eigenvalue weighted by Gasteiger charge is 2.32. The fourth-order valence-corrected chi connectivity index (χ4v) is 4.28. The molecular formula is C20H34N4O3S. The molecule has 8 heteroatoms. The highest BCUT2D eigenvalue weighted by atomic mass is 32.2. The van der Waals surface area contributed by atoms with Gasteiger partial charge in [0.25, 0.3) is 0 Å². The molecule has 7 nitrogen and oxygen atoms in total. The summed E-state index contributed by atoms with van der Waals surface area (Å²) in [5.74, 6) is 1.36. The minimum atomic E-state index is -3.29. The van der Waals surface area contributed by atoms with Crippen LogP contribution in [-0.2, 0) is 16.6 Å². The standard InChI is InChI=1S/C20H34N4O3S/c1-15-10-16(2)13-24(12-15)20(3,4)14-22-19(25)21-11-17-6-8-18(9-7-17)23-28(5,26)27/h6-9,15-16,23H,10-14H2,1-5H3,(H2,21,22,25)/t15-,16-/m0/s1. The first kappa shape index (κ1) is 22.5. The second-order valence-electron chi connectivity index (χ2n) is 8.77. The number of carbonyl (C=O) groups is 1. The van der Waals surface area contributed by atoms with E-state index in [1.54, 1.807) is 24.3 Å². The van der Waals surface area contributed by atoms with Crippen molar-refractivity contribution in [2.45, 2.75) is 46.2 Å². The Labute approximate surface area is 169 Å². The summed E-state index contributed by atoms with van der Waals surface area (Å²) in [6.45, 7) is 12.0. The third kappa shape index (κ3) is 7.31. The number of anilines is 1. The minimum Gasteiger partial charge on any atom is -0.336 e. The number of likely N-dealkylation sites (tertiary alicyclic amines) is 1. The monoisotopic (exact) mass is 410 g/mol. The summed E-state index contributed by atoms with van der Waals surface area (Å²) in [5.41, 5.74) is 1.30. The molecule has 0 radical (unpaired) electrons. The molecule has 28 heavy (non-hydrogen) atoms. The molecule has 0 bridgehead atoms. The molecule has 1 heterocycles. The van der Waals surface area contributed by atoms with Gasteiger partial charge in [0.15, 0.2) is 0 Å². The van der Waals surface area contributed by atoms with Crippen molar-refractivity contribution in [1.82, 2.24) is 15.5 Å². The Kier molecular flexibility index (Phi) is 7.33. The topological polar surface area (TPSA) is 90.5 Å². The van der Waals surface area contributed by atoms with E-state index in [0.717, 1.165) is 24.9 Å². The molecule has 158 valence electrons. The Morgan fingerprint density at radius 3 is 2.21 bits per heavy atom. The number of nitrogens with one attached hydrogen (secondary N) is 3. The van der Waals surface area contributed by atoms with Crippen LogP contribution in [0.3, 0.4) is 0 Å². The SMILES string of the molecule is C[C@H]1C[C@H](C)CN(C(C)(C)CNC(=O)NCc2ccc(NS(C)(=O)=O)cc2)C1. The van der Waals surface area contributed by atoms with E-state index in [4.69, 9.17) is 0 Å². The summed E-state index contributed by atoms with van der Waals surface area (Å²) in [5, 5.41) is 5.83. The fourth-order valence-electron chi connectivity index (χ4n) is 3.72. The lowest BCUT2D eigenvalue weighted by Crippen LogP contribution is -2.56. The maximum Gasteiger partial charge on any atom is 0.315 e. The summed E-state index contributed by atoms with van der Waals surface area (Å²) in [4.78, 5) is 14.7. The molecule has 1 fully saturated rings. The Morgan fingerprint density at radius 2 is 1.68 bits per heavy atom. The van der Waals surface area contributed by atoms with E-state index in [2.05, 4.69) is 48.0 Å². The maximum atomic E-state index is 12.2. The number of rotatable bonds is 7. The predicted molar refractivity (Wildman–Crippen MR) is 114 cm³/mol. The summed E-state index contributed by atoms with van der Waals surface area (Å²) >= 11 is 0. The Bertz CT molecular complexity index is 752. The van der Waals surface area contributed by atoms with Crippen molar-refractivity contribution in [2.24, 2.45) is 11.8 Å². The molecule has 1 saturated heterocycles. The summed E-state index contributed by atoms with van der Waals surface area (Å²) < 4.78 is 24.9. The van der Waals surface area contributed by atoms with Gasteiger partial charge in [0.2, 0.25) is 10.0 Å². The van der Waals surface area contributed by atoms with Gasteiger partial charge in [-0.25, -0.2) is 13.2 Å². The van der Waals surface area contributed by atoms with Crippen molar-refractivity contribution >= 4 is 21.7 Å². The number of carbonyl (C=O) groups excluding carboxylic acids is 1. The molecule has 1 aliphatic heterocycles. The molecule has 2 amide bonds. The van der Waals surface area contributed by atoms with Crippen molar-refractivity contribution in [3.63, 3.8) is 0 Å². The van der Waals surface area contributed by atoms with Gasteiger partial charge in [-0.15, -0.1) is 0 Å². The number of amides is 2. The van der Waals surface area contributed by atoms with Crippen LogP contribution in [0.1, 0.15) is 39.7 Å². The van der Waals surface area contributed by atoms with Gasteiger partial charge in [0.1, 0.15) is 0 Å². The lowest BCUT2D eigenvalue weighted by Gasteiger charge is -2.45. The number of hydrogen-bond acceptors (Lipinski definition) is 4. The molecule has 2 atom stereocenters. The molecule has 0 aromatic heterocycles. The molecule has 0 saturated carbocycles. The summed E-state index contributed by atoms with van der Waals surface area (Å²) in [6, 6.07) is 6.72. The van der Waals surface area contributed by atoms with Gasteiger partial charge in [-0.2, -0.15) is 0 Å². The first-order valence-corrected chi connectivity index (χ1v) is 11.7. The smallest absolute Gasteiger partial charge is 0.315 e. The first-order valence-electron chi connectivity index (χ1n) is 9.78. The molecule has 3 N–H and O–H groups in total. The molecular weight excluding hydrogens is 376 g/mol. The average Bonchev–Trinajstić information content (AvgIpc) is 2.57. The fraction of sp³-hybridized carbons (Fsp3) is 0.650. The van der Waals surface area contributed by atoms with Crippen LogP contribution in [0.2, 0.25) is 0 Å². The Balaban J connectivity index is 1.79. The zero-order chi connectivity index (χ0) is 20.9. The van der Waals surface area contributed by atoms with E-state index in [0.29, 0.717) is 30.6 Å². The second kappa shape index (κ2) is 9.13. The molecule has 0 aliphatic carbocycles. The van der Waals surface area contributed by atoms with Crippen LogP contribution < -0.4 is 15.4 Å². The quantitative estimate of drug-likeness (QED) is 0.644. The van der Waals surface area contributed by atoms with E-state index in [1.165, 1.54) is 6.42 Å². The number of nitrogens with zero attached hydrogens (tertiary/aromatic N) is 1. The number of sulfonamides is 1. The van der Waals surface area contributed by atoms with Crippen molar-refractivity contribution in [3.05, 3.63) is 29.8 Å². The minimum absolute atomic E-state index is 0.0980. The second-order valence-corrected chi connectivity index (χ2v) is 10.5. The van der Waals surface area contributed by atoms with Gasteiger partial charge in [-0.3, -0.25) is 9.62 Å². The lowest BCUT2D eigenvalue weighted by molar-refractivity contribution is 0.0472. The number of hydrogen-bond donors (Lipinski definition) is 3. The van der Waals surface area contributed by atoms with Gasteiger partial charge in [-0.1, -0.05) is 26.0 Å². The van der Waals surface area contributed by atoms with Crippen LogP contribution >= 0.6 is 0 Å². The molecule has 1 aromatic rings. The van der Waals surface area contributed by atoms with Gasteiger partial charge >= 0.3 is 6.03 Å². The highest BCUT2D eigenvalue weighted by molar-refractivity contribution is 7.92. The van der Waals surface area contributed by atoms with Crippen LogP contribution in [0.5, 0.6) is 0 Å². The molecule has 1 aliphatic rings. The summed E-state index contributed by atoms with van der Waals surface area (Å²) in [7, 11) is -3.29. The first-order chi connectivity index (χ1) is 12.9. The van der Waals surface area contributed by atoms with Crippen LogP contribution in [0.15, 0.2) is 24.3 Å². The highest BCUT2D eigenvalue weighted by Crippen LogP contribution is 2.26. The summed E-state index contributed by atoms with van der Waals surface area (Å²) in [6.07, 6.45) is 2.37. The number of urea groups is 1. The van der Waals surface area contributed by atoms with Crippen LogP contribution in [0.25, 0.3) is 0 Å². The van der Waals surface area contributed by atoms with Gasteiger partial charge in [-0.05, 0) is 49.8 Å². The van der Waals surface area contributed by atoms with Gasteiger partial charge in [0.05, 0.1) is 6.26 Å². The molecule has 2 rings (SSSR count). The zero-order valence-corrected chi connectivity index (χ0v) is 18.4. The Morgan fingerprint density at radius 1 is 1.11 bits per heavy atom. The third-order valence-corrected chi connectivity index (χ3v) is 5.72. The van der Waals surface area contributed by atoms with E-state index in [9.17, 15) is 13.2 Å². The van der Waals surface area contributed by atoms with Crippen LogP contribution in [-0.4, -0.2) is 50.8 Å². The third-order valence-electron chi connectivity index (χ3n) is 5.12. The molecule has 1 aromatic carbocycles. The van der Waals surface area contributed by atoms with E-state index in [1.807, 2.05) is 0 Å². The lowest BCUT2D eigenvalue weighted by atomic mass is 9.88. The predicted octanol–water partition coefficient (Wildman–Crippen LogP) is 2.61. The van der Waals surface area contributed by atoms with Crippen molar-refractivity contribution in [2.75, 3.05) is 30.6 Å². The van der Waals surface area contributed by atoms with E-state index >= 15 is 0 Å². The zero-order valence-electron chi connectivity index (χ0n) is 17.6.